The van der Waals surface area contributed by atoms with Crippen molar-refractivity contribution in [2.45, 2.75) is 32.1 Å². The van der Waals surface area contributed by atoms with Crippen LogP contribution in [0.5, 0.6) is 0 Å². The zero-order valence-corrected chi connectivity index (χ0v) is 21.3. The van der Waals surface area contributed by atoms with Crippen LogP contribution >= 0.6 is 0 Å². The summed E-state index contributed by atoms with van der Waals surface area (Å²) in [5.41, 5.74) is 1.15. The topological polar surface area (TPSA) is 166 Å². The van der Waals surface area contributed by atoms with Crippen LogP contribution in [0.15, 0.2) is 23.1 Å². The number of benzene rings is 1. The second-order valence-electron chi connectivity index (χ2n) is 7.71. The van der Waals surface area contributed by atoms with E-state index in [1.165, 1.54) is 4.31 Å². The molecule has 0 aromatic heterocycles. The lowest BCUT2D eigenvalue weighted by Gasteiger charge is -2.26. The first-order valence-corrected chi connectivity index (χ1v) is 12.8. The van der Waals surface area contributed by atoms with Crippen LogP contribution in [0.3, 0.4) is 0 Å². The first-order chi connectivity index (χ1) is 16.5. The Morgan fingerprint density at radius 3 is 2.23 bits per heavy atom. The number of anilines is 1. The third kappa shape index (κ3) is 10.7. The van der Waals surface area contributed by atoms with E-state index in [0.29, 0.717) is 24.3 Å². The van der Waals surface area contributed by atoms with Crippen molar-refractivity contribution in [3.8, 4) is 0 Å². The number of nitrogens with one attached hydrogen (secondary N) is 2. The van der Waals surface area contributed by atoms with Crippen molar-refractivity contribution in [1.82, 2.24) is 14.5 Å². The number of hydrogen-bond acceptors (Lipinski definition) is 8. The minimum Gasteiger partial charge on any atom is -0.473 e. The molecule has 1 aliphatic heterocycles. The molecule has 1 aliphatic rings. The van der Waals surface area contributed by atoms with Gasteiger partial charge in [-0.2, -0.15) is 4.31 Å². The zero-order chi connectivity index (χ0) is 26.4. The third-order valence-corrected chi connectivity index (χ3v) is 7.39. The van der Waals surface area contributed by atoms with Crippen LogP contribution < -0.4 is 10.6 Å². The fourth-order valence-electron chi connectivity index (χ4n) is 3.32. The van der Waals surface area contributed by atoms with Crippen molar-refractivity contribution in [1.29, 1.82) is 0 Å². The predicted molar refractivity (Wildman–Crippen MR) is 130 cm³/mol. The standard InChI is InChI=1S/C20H34N4O4S.C2H2O4/c1-4-24(5-2)29(26,27)19-15-18(8-7-17(19)3)22-20(25)16-21-9-6-10-23-11-13-28-14-12-23;3-1(4)2(5)6/h7-8,15,21H,4-6,9-14,16H2,1-3H3,(H,22,25);(H,3,4)(H,5,6). The van der Waals surface area contributed by atoms with Gasteiger partial charge in [-0.3, -0.25) is 9.69 Å². The van der Waals surface area contributed by atoms with Crippen molar-refractivity contribution in [2.24, 2.45) is 0 Å². The van der Waals surface area contributed by atoms with Gasteiger partial charge in [0.15, 0.2) is 0 Å². The minimum absolute atomic E-state index is 0.189. The van der Waals surface area contributed by atoms with Crippen molar-refractivity contribution in [3.05, 3.63) is 23.8 Å². The number of sulfonamides is 1. The summed E-state index contributed by atoms with van der Waals surface area (Å²) in [5.74, 6) is -3.84. The molecule has 1 aromatic carbocycles. The molecule has 0 unspecified atom stereocenters. The molecule has 0 spiro atoms. The Bertz CT molecular complexity index is 933. The number of morpholine rings is 1. The monoisotopic (exact) mass is 516 g/mol. The molecular formula is C22H36N4O8S. The van der Waals surface area contributed by atoms with Crippen molar-refractivity contribution in [3.63, 3.8) is 0 Å². The third-order valence-electron chi connectivity index (χ3n) is 5.20. The van der Waals surface area contributed by atoms with Crippen LogP contribution in [-0.2, 0) is 29.1 Å². The highest BCUT2D eigenvalue weighted by molar-refractivity contribution is 7.89. The molecule has 0 atom stereocenters. The highest BCUT2D eigenvalue weighted by Gasteiger charge is 2.24. The molecule has 1 saturated heterocycles. The molecule has 0 aliphatic carbocycles. The number of amides is 1. The Hall–Kier alpha value is -2.58. The van der Waals surface area contributed by atoms with Gasteiger partial charge in [-0.05, 0) is 44.1 Å². The van der Waals surface area contributed by atoms with Gasteiger partial charge in [0.25, 0.3) is 0 Å². The summed E-state index contributed by atoms with van der Waals surface area (Å²) >= 11 is 0. The molecule has 1 fully saturated rings. The van der Waals surface area contributed by atoms with E-state index in [1.54, 1.807) is 25.1 Å². The van der Waals surface area contributed by atoms with E-state index in [4.69, 9.17) is 24.5 Å². The van der Waals surface area contributed by atoms with Crippen molar-refractivity contribution < 1.29 is 37.8 Å². The second-order valence-corrected chi connectivity index (χ2v) is 9.62. The summed E-state index contributed by atoms with van der Waals surface area (Å²) < 4.78 is 32.4. The van der Waals surface area contributed by atoms with Crippen LogP contribution in [0.25, 0.3) is 0 Å². The fraction of sp³-hybridized carbons (Fsp3) is 0.591. The molecule has 13 heteroatoms. The molecule has 198 valence electrons. The van der Waals surface area contributed by atoms with Gasteiger partial charge in [0.2, 0.25) is 15.9 Å². The lowest BCUT2D eigenvalue weighted by atomic mass is 10.2. The number of carbonyl (C=O) groups excluding carboxylic acids is 1. The van der Waals surface area contributed by atoms with E-state index in [1.807, 2.05) is 13.8 Å². The van der Waals surface area contributed by atoms with Gasteiger partial charge in [0.1, 0.15) is 0 Å². The summed E-state index contributed by atoms with van der Waals surface area (Å²) in [4.78, 5) is 33.0. The molecule has 4 N–H and O–H groups in total. The highest BCUT2D eigenvalue weighted by Crippen LogP contribution is 2.23. The minimum atomic E-state index is -3.57. The maximum Gasteiger partial charge on any atom is 0.414 e. The smallest absolute Gasteiger partial charge is 0.414 e. The summed E-state index contributed by atoms with van der Waals surface area (Å²) in [5, 5.41) is 20.7. The van der Waals surface area contributed by atoms with Crippen LogP contribution in [0, 0.1) is 6.92 Å². The summed E-state index contributed by atoms with van der Waals surface area (Å²) in [6, 6.07) is 4.99. The Morgan fingerprint density at radius 2 is 1.69 bits per heavy atom. The Morgan fingerprint density at radius 1 is 1.09 bits per heavy atom. The predicted octanol–water partition coefficient (Wildman–Crippen LogP) is 0.432. The number of nitrogens with zero attached hydrogens (tertiary/aromatic N) is 2. The average Bonchev–Trinajstić information content (AvgIpc) is 2.81. The number of aliphatic carboxylic acids is 2. The number of aryl methyl sites for hydroxylation is 1. The van der Waals surface area contributed by atoms with Crippen LogP contribution in [0.1, 0.15) is 25.8 Å². The number of carboxylic acid groups (broad SMARTS) is 2. The molecular weight excluding hydrogens is 480 g/mol. The van der Waals surface area contributed by atoms with Crippen molar-refractivity contribution >= 4 is 33.6 Å². The van der Waals surface area contributed by atoms with E-state index in [0.717, 1.165) is 45.8 Å². The Kier molecular flexibility index (Phi) is 13.4. The van der Waals surface area contributed by atoms with Gasteiger partial charge in [0.05, 0.1) is 24.7 Å². The number of ether oxygens (including phenoxy) is 1. The van der Waals surface area contributed by atoms with Gasteiger partial charge < -0.3 is 25.6 Å². The lowest BCUT2D eigenvalue weighted by Crippen LogP contribution is -2.38. The van der Waals surface area contributed by atoms with E-state index >= 15 is 0 Å². The molecule has 0 bridgehead atoms. The number of rotatable bonds is 11. The maximum atomic E-state index is 12.8. The van der Waals surface area contributed by atoms with E-state index in [2.05, 4.69) is 15.5 Å². The van der Waals surface area contributed by atoms with Gasteiger partial charge >= 0.3 is 11.9 Å². The number of hydrogen-bond donors (Lipinski definition) is 4. The number of carboxylic acids is 2. The number of carbonyl (C=O) groups is 3. The van der Waals surface area contributed by atoms with Crippen LogP contribution in [-0.4, -0.2) is 105 Å². The quantitative estimate of drug-likeness (QED) is 0.239. The molecule has 12 nitrogen and oxygen atoms in total. The summed E-state index contributed by atoms with van der Waals surface area (Å²) in [6.07, 6.45) is 0.962. The van der Waals surface area contributed by atoms with Crippen molar-refractivity contribution in [2.75, 3.05) is 64.3 Å². The summed E-state index contributed by atoms with van der Waals surface area (Å²) in [7, 11) is -3.57. The van der Waals surface area contributed by atoms with E-state index < -0.39 is 22.0 Å². The Labute approximate surface area is 206 Å². The van der Waals surface area contributed by atoms with Gasteiger partial charge in [0, 0.05) is 31.9 Å². The molecule has 0 radical (unpaired) electrons. The fourth-order valence-corrected chi connectivity index (χ4v) is 5.03. The first-order valence-electron chi connectivity index (χ1n) is 11.4. The van der Waals surface area contributed by atoms with Gasteiger partial charge in [-0.1, -0.05) is 19.9 Å². The molecule has 1 amide bonds. The normalized spacial score (nSPS) is 14.2. The molecule has 35 heavy (non-hydrogen) atoms. The maximum absolute atomic E-state index is 12.8. The molecule has 0 saturated carbocycles. The van der Waals surface area contributed by atoms with Gasteiger partial charge in [-0.25, -0.2) is 18.0 Å². The SMILES string of the molecule is CCN(CC)S(=O)(=O)c1cc(NC(=O)CNCCCN2CCOCC2)ccc1C.O=C(O)C(=O)O. The highest BCUT2D eigenvalue weighted by atomic mass is 32.2. The van der Waals surface area contributed by atoms with Crippen LogP contribution in [0.2, 0.25) is 0 Å². The van der Waals surface area contributed by atoms with Gasteiger partial charge in [-0.15, -0.1) is 0 Å². The largest absolute Gasteiger partial charge is 0.473 e. The second kappa shape index (κ2) is 15.4. The van der Waals surface area contributed by atoms with E-state index in [9.17, 15) is 13.2 Å². The molecule has 1 aromatic rings. The molecule has 1 heterocycles. The Balaban J connectivity index is 0.000000905. The summed E-state index contributed by atoms with van der Waals surface area (Å²) in [6.45, 7) is 11.6. The van der Waals surface area contributed by atoms with Crippen LogP contribution in [0.4, 0.5) is 5.69 Å². The zero-order valence-electron chi connectivity index (χ0n) is 20.4. The van der Waals surface area contributed by atoms with E-state index in [-0.39, 0.29) is 17.3 Å². The average molecular weight is 517 g/mol. The first kappa shape index (κ1) is 30.5. The molecule has 2 rings (SSSR count). The lowest BCUT2D eigenvalue weighted by molar-refractivity contribution is -0.159.